The van der Waals surface area contributed by atoms with Crippen molar-refractivity contribution in [3.05, 3.63) is 16.1 Å². The van der Waals surface area contributed by atoms with Gasteiger partial charge in [-0.1, -0.05) is 0 Å². The van der Waals surface area contributed by atoms with E-state index in [1.807, 2.05) is 0 Å². The van der Waals surface area contributed by atoms with Gasteiger partial charge in [0.15, 0.2) is 0 Å². The summed E-state index contributed by atoms with van der Waals surface area (Å²) in [6, 6.07) is 0. The maximum absolute atomic E-state index is 11.5. The zero-order chi connectivity index (χ0) is 10.7. The summed E-state index contributed by atoms with van der Waals surface area (Å²) in [5, 5.41) is 10.9. The lowest BCUT2D eigenvalue weighted by atomic mass is 10.4. The number of carbonyl (C=O) groups is 2. The minimum Gasteiger partial charge on any atom is -0.480 e. The van der Waals surface area contributed by atoms with Crippen LogP contribution in [0.1, 0.15) is 15.5 Å². The first-order valence-corrected chi connectivity index (χ1v) is 4.78. The van der Waals surface area contributed by atoms with Crippen LogP contribution in [-0.4, -0.2) is 40.5 Å². The van der Waals surface area contributed by atoms with Crippen molar-refractivity contribution in [3.8, 4) is 0 Å². The van der Waals surface area contributed by atoms with Gasteiger partial charge in [-0.25, -0.2) is 4.98 Å². The molecule has 76 valence electrons. The number of amides is 1. The molecule has 1 rings (SSSR count). The second kappa shape index (κ2) is 4.19. The normalized spacial score (nSPS) is 9.86. The summed E-state index contributed by atoms with van der Waals surface area (Å²) in [4.78, 5) is 26.9. The third-order valence-electron chi connectivity index (χ3n) is 1.56. The van der Waals surface area contributed by atoms with Crippen LogP contribution in [0.15, 0.2) is 5.38 Å². The van der Waals surface area contributed by atoms with Crippen molar-refractivity contribution in [3.63, 3.8) is 0 Å². The molecule has 5 nitrogen and oxygen atoms in total. The number of hydrogen-bond acceptors (Lipinski definition) is 4. The second-order valence-electron chi connectivity index (χ2n) is 2.81. The van der Waals surface area contributed by atoms with Crippen LogP contribution in [0.3, 0.4) is 0 Å². The van der Waals surface area contributed by atoms with E-state index < -0.39 is 5.97 Å². The Kier molecular flexibility index (Phi) is 3.19. The van der Waals surface area contributed by atoms with Crippen molar-refractivity contribution in [2.24, 2.45) is 0 Å². The van der Waals surface area contributed by atoms with Crippen LogP contribution in [0.2, 0.25) is 0 Å². The van der Waals surface area contributed by atoms with E-state index in [4.69, 9.17) is 5.11 Å². The van der Waals surface area contributed by atoms with Crippen molar-refractivity contribution in [2.45, 2.75) is 6.92 Å². The summed E-state index contributed by atoms with van der Waals surface area (Å²) in [5.41, 5.74) is 0.302. The van der Waals surface area contributed by atoms with Gasteiger partial charge in [-0.2, -0.15) is 0 Å². The monoisotopic (exact) mass is 214 g/mol. The van der Waals surface area contributed by atoms with Crippen LogP contribution in [0, 0.1) is 6.92 Å². The maximum Gasteiger partial charge on any atom is 0.323 e. The van der Waals surface area contributed by atoms with Gasteiger partial charge >= 0.3 is 5.97 Å². The van der Waals surface area contributed by atoms with E-state index >= 15 is 0 Å². The molecule has 0 atom stereocenters. The Hall–Kier alpha value is -1.43. The van der Waals surface area contributed by atoms with E-state index in [1.165, 1.54) is 18.4 Å². The lowest BCUT2D eigenvalue weighted by Crippen LogP contribution is -2.32. The summed E-state index contributed by atoms with van der Waals surface area (Å²) >= 11 is 1.36. The summed E-state index contributed by atoms with van der Waals surface area (Å²) in [7, 11) is 1.44. The lowest BCUT2D eigenvalue weighted by molar-refractivity contribution is -0.137. The predicted octanol–water partition coefficient (Wildman–Crippen LogP) is 0.608. The van der Waals surface area contributed by atoms with Gasteiger partial charge in [0.2, 0.25) is 0 Å². The third kappa shape index (κ3) is 2.53. The fraction of sp³-hybridized carbons (Fsp3) is 0.375. The molecule has 14 heavy (non-hydrogen) atoms. The highest BCUT2D eigenvalue weighted by Gasteiger charge is 2.16. The Morgan fingerprint density at radius 1 is 1.64 bits per heavy atom. The lowest BCUT2D eigenvalue weighted by Gasteiger charge is -2.12. The topological polar surface area (TPSA) is 70.5 Å². The smallest absolute Gasteiger partial charge is 0.323 e. The molecule has 0 bridgehead atoms. The highest BCUT2D eigenvalue weighted by atomic mass is 32.1. The van der Waals surface area contributed by atoms with Gasteiger partial charge in [-0.15, -0.1) is 11.3 Å². The Morgan fingerprint density at radius 3 is 2.71 bits per heavy atom. The zero-order valence-corrected chi connectivity index (χ0v) is 8.67. The van der Waals surface area contributed by atoms with Gasteiger partial charge in [-0.05, 0) is 6.92 Å². The molecular weight excluding hydrogens is 204 g/mol. The number of rotatable bonds is 3. The van der Waals surface area contributed by atoms with E-state index in [9.17, 15) is 9.59 Å². The first-order chi connectivity index (χ1) is 6.50. The van der Waals surface area contributed by atoms with Gasteiger partial charge in [0.1, 0.15) is 12.2 Å². The molecule has 1 heterocycles. The van der Waals surface area contributed by atoms with Crippen LogP contribution >= 0.6 is 11.3 Å². The average Bonchev–Trinajstić information content (AvgIpc) is 2.49. The Bertz CT molecular complexity index is 361. The van der Waals surface area contributed by atoms with E-state index in [0.29, 0.717) is 5.69 Å². The number of hydrogen-bond donors (Lipinski definition) is 1. The van der Waals surface area contributed by atoms with Gasteiger partial charge in [0.25, 0.3) is 5.91 Å². The SMILES string of the molecule is Cc1nc(C(=O)N(C)CC(=O)O)cs1. The van der Waals surface area contributed by atoms with Crippen molar-refractivity contribution in [1.29, 1.82) is 0 Å². The molecule has 1 aromatic heterocycles. The molecule has 0 spiro atoms. The maximum atomic E-state index is 11.5. The van der Waals surface area contributed by atoms with Crippen LogP contribution < -0.4 is 0 Å². The van der Waals surface area contributed by atoms with E-state index in [0.717, 1.165) is 9.91 Å². The van der Waals surface area contributed by atoms with E-state index in [1.54, 1.807) is 12.3 Å². The molecule has 0 fully saturated rings. The largest absolute Gasteiger partial charge is 0.480 e. The van der Waals surface area contributed by atoms with Gasteiger partial charge in [0.05, 0.1) is 5.01 Å². The number of nitrogens with zero attached hydrogens (tertiary/aromatic N) is 2. The number of likely N-dealkylation sites (N-methyl/N-ethyl adjacent to an activating group) is 1. The molecule has 0 saturated carbocycles. The molecule has 0 radical (unpaired) electrons. The first kappa shape index (κ1) is 10.6. The number of thiazole rings is 1. The van der Waals surface area contributed by atoms with Crippen molar-refractivity contribution in [2.75, 3.05) is 13.6 Å². The molecule has 1 aromatic rings. The summed E-state index contributed by atoms with van der Waals surface area (Å²) in [5.74, 6) is -1.40. The molecule has 1 amide bonds. The van der Waals surface area contributed by atoms with Crippen LogP contribution in [-0.2, 0) is 4.79 Å². The molecule has 0 aliphatic heterocycles. The minimum atomic E-state index is -1.03. The van der Waals surface area contributed by atoms with E-state index in [2.05, 4.69) is 4.98 Å². The van der Waals surface area contributed by atoms with Crippen molar-refractivity contribution >= 4 is 23.2 Å². The molecule has 6 heteroatoms. The van der Waals surface area contributed by atoms with E-state index in [-0.39, 0.29) is 12.5 Å². The molecule has 0 saturated heterocycles. The Labute approximate surface area is 85.0 Å². The third-order valence-corrected chi connectivity index (χ3v) is 2.33. The number of carboxylic acid groups (broad SMARTS) is 1. The molecule has 0 aromatic carbocycles. The molecule has 0 aliphatic carbocycles. The standard InChI is InChI=1S/C8H10N2O3S/c1-5-9-6(4-14-5)8(13)10(2)3-7(11)12/h4H,3H2,1-2H3,(H,11,12). The molecule has 0 aliphatic rings. The Morgan fingerprint density at radius 2 is 2.29 bits per heavy atom. The van der Waals surface area contributed by atoms with Gasteiger partial charge in [-0.3, -0.25) is 9.59 Å². The number of aliphatic carboxylic acids is 1. The summed E-state index contributed by atoms with van der Waals surface area (Å²) in [6.07, 6.45) is 0. The fourth-order valence-electron chi connectivity index (χ4n) is 0.932. The summed E-state index contributed by atoms with van der Waals surface area (Å²) < 4.78 is 0. The van der Waals surface area contributed by atoms with Crippen molar-refractivity contribution in [1.82, 2.24) is 9.88 Å². The van der Waals surface area contributed by atoms with Crippen LogP contribution in [0.4, 0.5) is 0 Å². The van der Waals surface area contributed by atoms with Crippen LogP contribution in [0.5, 0.6) is 0 Å². The van der Waals surface area contributed by atoms with Gasteiger partial charge in [0, 0.05) is 12.4 Å². The minimum absolute atomic E-state index is 0.302. The van der Waals surface area contributed by atoms with Crippen LogP contribution in [0.25, 0.3) is 0 Å². The zero-order valence-electron chi connectivity index (χ0n) is 7.85. The highest BCUT2D eigenvalue weighted by Crippen LogP contribution is 2.09. The number of aromatic nitrogens is 1. The fourth-order valence-corrected chi connectivity index (χ4v) is 1.52. The highest BCUT2D eigenvalue weighted by molar-refractivity contribution is 7.09. The van der Waals surface area contributed by atoms with Gasteiger partial charge < -0.3 is 10.0 Å². The molecular formula is C8H10N2O3S. The number of carbonyl (C=O) groups excluding carboxylic acids is 1. The Balaban J connectivity index is 2.70. The predicted molar refractivity (Wildman–Crippen MR) is 51.4 cm³/mol. The number of aryl methyl sites for hydroxylation is 1. The number of carboxylic acids is 1. The molecule has 1 N–H and O–H groups in total. The quantitative estimate of drug-likeness (QED) is 0.800. The molecule has 0 unspecified atom stereocenters. The average molecular weight is 214 g/mol. The first-order valence-electron chi connectivity index (χ1n) is 3.90. The van der Waals surface area contributed by atoms with Crippen molar-refractivity contribution < 1.29 is 14.7 Å². The second-order valence-corrected chi connectivity index (χ2v) is 3.87. The summed E-state index contributed by atoms with van der Waals surface area (Å²) in [6.45, 7) is 1.48.